The van der Waals surface area contributed by atoms with Gasteiger partial charge in [-0.25, -0.2) is 4.68 Å². The van der Waals surface area contributed by atoms with Crippen LogP contribution in [-0.4, -0.2) is 49.2 Å². The van der Waals surface area contributed by atoms with E-state index in [1.807, 2.05) is 11.9 Å². The molecule has 0 saturated heterocycles. The molecule has 0 bridgehead atoms. The standard InChI is InChI=1S/C15H28N4O2/c1-6-15(2,3)16-7-8-19-14(20)11-13(12-17-19)18(4)9-10-21-5/h11-12,16H,6-10H2,1-5H3. The van der Waals surface area contributed by atoms with Gasteiger partial charge in [-0.05, 0) is 20.3 Å². The van der Waals surface area contributed by atoms with Gasteiger partial charge in [-0.1, -0.05) is 6.92 Å². The first-order chi connectivity index (χ1) is 9.89. The van der Waals surface area contributed by atoms with Crippen LogP contribution in [0.4, 0.5) is 5.69 Å². The third kappa shape index (κ3) is 5.85. The zero-order valence-corrected chi connectivity index (χ0v) is 13.8. The van der Waals surface area contributed by atoms with Crippen molar-refractivity contribution in [1.82, 2.24) is 15.1 Å². The van der Waals surface area contributed by atoms with Crippen molar-refractivity contribution in [3.63, 3.8) is 0 Å². The first kappa shape index (κ1) is 17.7. The molecule has 21 heavy (non-hydrogen) atoms. The van der Waals surface area contributed by atoms with E-state index in [0.29, 0.717) is 13.2 Å². The summed E-state index contributed by atoms with van der Waals surface area (Å²) in [7, 11) is 3.58. The van der Waals surface area contributed by atoms with Crippen LogP contribution < -0.4 is 15.8 Å². The maximum absolute atomic E-state index is 12.1. The molecule has 6 heteroatoms. The van der Waals surface area contributed by atoms with E-state index in [1.54, 1.807) is 19.4 Å². The first-order valence-corrected chi connectivity index (χ1v) is 7.42. The molecule has 1 rings (SSSR count). The largest absolute Gasteiger partial charge is 0.383 e. The van der Waals surface area contributed by atoms with Crippen LogP contribution in [0.15, 0.2) is 17.1 Å². The quantitative estimate of drug-likeness (QED) is 0.739. The van der Waals surface area contributed by atoms with Crippen molar-refractivity contribution < 1.29 is 4.74 Å². The average Bonchev–Trinajstić information content (AvgIpc) is 2.46. The number of aromatic nitrogens is 2. The van der Waals surface area contributed by atoms with Crippen LogP contribution in [0, 0.1) is 0 Å². The number of nitrogens with zero attached hydrogens (tertiary/aromatic N) is 3. The van der Waals surface area contributed by atoms with Crippen LogP contribution in [0.3, 0.4) is 0 Å². The van der Waals surface area contributed by atoms with Gasteiger partial charge in [0.05, 0.1) is 25.0 Å². The molecule has 120 valence electrons. The number of likely N-dealkylation sites (N-methyl/N-ethyl adjacent to an activating group) is 1. The Morgan fingerprint density at radius 2 is 2.19 bits per heavy atom. The molecule has 0 saturated carbocycles. The van der Waals surface area contributed by atoms with Gasteiger partial charge in [0.1, 0.15) is 0 Å². The molecule has 0 aliphatic heterocycles. The fourth-order valence-corrected chi connectivity index (χ4v) is 1.78. The SMILES string of the molecule is CCC(C)(C)NCCn1ncc(N(C)CCOC)cc1=O. The normalized spacial score (nSPS) is 11.7. The molecular formula is C15H28N4O2. The van der Waals surface area contributed by atoms with Crippen LogP contribution in [-0.2, 0) is 11.3 Å². The van der Waals surface area contributed by atoms with Crippen molar-refractivity contribution in [3.8, 4) is 0 Å². The fraction of sp³-hybridized carbons (Fsp3) is 0.733. The van der Waals surface area contributed by atoms with Crippen LogP contribution >= 0.6 is 0 Å². The Hall–Kier alpha value is -1.40. The van der Waals surface area contributed by atoms with Crippen molar-refractivity contribution >= 4 is 5.69 Å². The van der Waals surface area contributed by atoms with E-state index < -0.39 is 0 Å². The summed E-state index contributed by atoms with van der Waals surface area (Å²) < 4.78 is 6.52. The summed E-state index contributed by atoms with van der Waals surface area (Å²) in [5.41, 5.74) is 0.826. The summed E-state index contributed by atoms with van der Waals surface area (Å²) in [6.45, 7) is 9.09. The van der Waals surface area contributed by atoms with E-state index in [1.165, 1.54) is 4.68 Å². The molecule has 0 amide bonds. The van der Waals surface area contributed by atoms with Gasteiger partial charge in [0, 0.05) is 38.9 Å². The van der Waals surface area contributed by atoms with Crippen molar-refractivity contribution in [2.45, 2.75) is 39.3 Å². The molecule has 1 aromatic heterocycles. The highest BCUT2D eigenvalue weighted by Gasteiger charge is 2.13. The van der Waals surface area contributed by atoms with Gasteiger partial charge in [0.25, 0.3) is 5.56 Å². The fourth-order valence-electron chi connectivity index (χ4n) is 1.78. The zero-order chi connectivity index (χ0) is 15.9. The molecule has 0 unspecified atom stereocenters. The number of ether oxygens (including phenoxy) is 1. The van der Waals surface area contributed by atoms with E-state index in [-0.39, 0.29) is 11.1 Å². The summed E-state index contributed by atoms with van der Waals surface area (Å²) in [5, 5.41) is 7.66. The highest BCUT2D eigenvalue weighted by atomic mass is 16.5. The number of hydrogen-bond acceptors (Lipinski definition) is 5. The van der Waals surface area contributed by atoms with Crippen molar-refractivity contribution in [2.24, 2.45) is 0 Å². The van der Waals surface area contributed by atoms with Crippen molar-refractivity contribution in [3.05, 3.63) is 22.6 Å². The zero-order valence-electron chi connectivity index (χ0n) is 13.8. The van der Waals surface area contributed by atoms with Gasteiger partial charge >= 0.3 is 0 Å². The van der Waals surface area contributed by atoms with Gasteiger partial charge in [0.15, 0.2) is 0 Å². The predicted molar refractivity (Wildman–Crippen MR) is 86.0 cm³/mol. The highest BCUT2D eigenvalue weighted by Crippen LogP contribution is 2.07. The van der Waals surface area contributed by atoms with Crippen molar-refractivity contribution in [1.29, 1.82) is 0 Å². The molecular weight excluding hydrogens is 268 g/mol. The molecule has 0 fully saturated rings. The van der Waals surface area contributed by atoms with E-state index in [2.05, 4.69) is 31.2 Å². The lowest BCUT2D eigenvalue weighted by atomic mass is 10.0. The molecule has 1 N–H and O–H groups in total. The molecule has 0 aromatic carbocycles. The smallest absolute Gasteiger partial charge is 0.268 e. The lowest BCUT2D eigenvalue weighted by Gasteiger charge is -2.24. The van der Waals surface area contributed by atoms with Crippen LogP contribution in [0.1, 0.15) is 27.2 Å². The second kappa shape index (κ2) is 8.14. The van der Waals surface area contributed by atoms with Crippen molar-refractivity contribution in [2.75, 3.05) is 38.8 Å². The Bertz CT molecular complexity index is 485. The Kier molecular flexibility index (Phi) is 6.84. The first-order valence-electron chi connectivity index (χ1n) is 7.42. The van der Waals surface area contributed by atoms with Gasteiger partial charge in [-0.2, -0.15) is 5.10 Å². The molecule has 0 aliphatic rings. The topological polar surface area (TPSA) is 59.4 Å². The Balaban J connectivity index is 2.60. The summed E-state index contributed by atoms with van der Waals surface area (Å²) in [5.74, 6) is 0. The number of rotatable bonds is 9. The Morgan fingerprint density at radius 1 is 1.48 bits per heavy atom. The summed E-state index contributed by atoms with van der Waals surface area (Å²) in [6, 6.07) is 1.62. The van der Waals surface area contributed by atoms with Crippen LogP contribution in [0.2, 0.25) is 0 Å². The number of hydrogen-bond donors (Lipinski definition) is 1. The number of methoxy groups -OCH3 is 1. The Morgan fingerprint density at radius 3 is 2.76 bits per heavy atom. The average molecular weight is 296 g/mol. The van der Waals surface area contributed by atoms with Gasteiger partial charge in [-0.3, -0.25) is 4.79 Å². The van der Waals surface area contributed by atoms with E-state index in [0.717, 1.165) is 25.2 Å². The lowest BCUT2D eigenvalue weighted by molar-refractivity contribution is 0.206. The molecule has 0 atom stereocenters. The van der Waals surface area contributed by atoms with Gasteiger partial charge < -0.3 is 15.0 Å². The molecule has 1 aromatic rings. The van der Waals surface area contributed by atoms with Gasteiger partial charge in [0.2, 0.25) is 0 Å². The third-order valence-corrected chi connectivity index (χ3v) is 3.74. The summed E-state index contributed by atoms with van der Waals surface area (Å²) in [6.07, 6.45) is 2.76. The second-order valence-electron chi connectivity index (χ2n) is 5.85. The van der Waals surface area contributed by atoms with Crippen LogP contribution in [0.5, 0.6) is 0 Å². The summed E-state index contributed by atoms with van der Waals surface area (Å²) in [4.78, 5) is 14.0. The van der Waals surface area contributed by atoms with E-state index >= 15 is 0 Å². The minimum atomic E-state index is -0.0760. The predicted octanol–water partition coefficient (Wildman–Crippen LogP) is 1.10. The molecule has 1 heterocycles. The molecule has 0 aliphatic carbocycles. The van der Waals surface area contributed by atoms with Crippen LogP contribution in [0.25, 0.3) is 0 Å². The minimum Gasteiger partial charge on any atom is -0.383 e. The lowest BCUT2D eigenvalue weighted by Crippen LogP contribution is -2.41. The molecule has 6 nitrogen and oxygen atoms in total. The third-order valence-electron chi connectivity index (χ3n) is 3.74. The second-order valence-corrected chi connectivity index (χ2v) is 5.85. The summed E-state index contributed by atoms with van der Waals surface area (Å²) >= 11 is 0. The molecule has 0 radical (unpaired) electrons. The molecule has 0 spiro atoms. The monoisotopic (exact) mass is 296 g/mol. The highest BCUT2D eigenvalue weighted by molar-refractivity contribution is 5.41. The maximum atomic E-state index is 12.1. The van der Waals surface area contributed by atoms with E-state index in [4.69, 9.17) is 4.74 Å². The Labute approximate surface area is 127 Å². The number of anilines is 1. The minimum absolute atomic E-state index is 0.0760. The van der Waals surface area contributed by atoms with E-state index in [9.17, 15) is 4.79 Å². The maximum Gasteiger partial charge on any atom is 0.268 e. The number of nitrogens with one attached hydrogen (secondary N) is 1. The van der Waals surface area contributed by atoms with Gasteiger partial charge in [-0.15, -0.1) is 0 Å².